The Balaban J connectivity index is 3.29. The molecule has 1 aromatic rings. The number of rotatable bonds is 11. The molecule has 1 unspecified atom stereocenters. The lowest BCUT2D eigenvalue weighted by Crippen LogP contribution is -2.37. The Morgan fingerprint density at radius 2 is 1.57 bits per heavy atom. The molecule has 0 radical (unpaired) electrons. The van der Waals surface area contributed by atoms with Gasteiger partial charge in [0, 0.05) is 0 Å². The van der Waals surface area contributed by atoms with Gasteiger partial charge in [0.15, 0.2) is 0 Å². The van der Waals surface area contributed by atoms with Gasteiger partial charge < -0.3 is 9.79 Å². The first-order valence-corrected chi connectivity index (χ1v) is 10.2. The van der Waals surface area contributed by atoms with Gasteiger partial charge in [0.05, 0.1) is 0 Å². The second-order valence-corrected chi connectivity index (χ2v) is 7.34. The van der Waals surface area contributed by atoms with Crippen molar-refractivity contribution < 1.29 is 18.9 Å². The van der Waals surface area contributed by atoms with Gasteiger partial charge in [-0.2, -0.15) is 0 Å². The molecule has 0 bridgehead atoms. The minimum Gasteiger partial charge on any atom is -0.303 e. The maximum atomic E-state index is 11.7. The maximum Gasteiger partial charge on any atom is 0.470 e. The molecule has 0 amide bonds. The van der Waals surface area contributed by atoms with Crippen molar-refractivity contribution in [3.63, 3.8) is 0 Å². The van der Waals surface area contributed by atoms with Crippen molar-refractivity contribution in [1.82, 2.24) is 0 Å². The third-order valence-electron chi connectivity index (χ3n) is 4.54. The molecule has 0 saturated heterocycles. The highest BCUT2D eigenvalue weighted by atomic mass is 31.2. The molecule has 0 aromatic heterocycles. The van der Waals surface area contributed by atoms with Gasteiger partial charge in [-0.05, 0) is 30.7 Å². The first kappa shape index (κ1) is 20.4. The molecule has 4 nitrogen and oxygen atoms in total. The molecule has 2 N–H and O–H groups in total. The molecule has 1 aromatic carbocycles. The zero-order valence-corrected chi connectivity index (χ0v) is 15.5. The average molecular weight is 342 g/mol. The van der Waals surface area contributed by atoms with E-state index in [0.717, 1.165) is 44.1 Å². The molecular formula is C18H31O4P. The van der Waals surface area contributed by atoms with Gasteiger partial charge in [-0.15, -0.1) is 0 Å². The van der Waals surface area contributed by atoms with Crippen LogP contribution < -0.4 is 0 Å². The van der Waals surface area contributed by atoms with Crippen LogP contribution in [-0.4, -0.2) is 9.79 Å². The first-order chi connectivity index (χ1) is 10.9. The third kappa shape index (κ3) is 6.04. The van der Waals surface area contributed by atoms with Crippen LogP contribution in [0.5, 0.6) is 0 Å². The van der Waals surface area contributed by atoms with Crippen LogP contribution in [-0.2, 0) is 14.7 Å². The number of hydrogen-bond acceptors (Lipinski definition) is 2. The van der Waals surface area contributed by atoms with Gasteiger partial charge >= 0.3 is 7.82 Å². The van der Waals surface area contributed by atoms with Crippen LogP contribution in [0.1, 0.15) is 71.3 Å². The Bertz CT molecular complexity index is 477. The number of benzene rings is 1. The summed E-state index contributed by atoms with van der Waals surface area (Å²) >= 11 is 0. The minimum atomic E-state index is -4.59. The van der Waals surface area contributed by atoms with Crippen molar-refractivity contribution in [3.05, 3.63) is 35.9 Å². The van der Waals surface area contributed by atoms with Crippen LogP contribution in [0.25, 0.3) is 0 Å². The first-order valence-electron chi connectivity index (χ1n) is 8.71. The fourth-order valence-corrected chi connectivity index (χ4v) is 4.17. The Labute approximate surface area is 140 Å². The molecule has 1 rings (SSSR count). The summed E-state index contributed by atoms with van der Waals surface area (Å²) < 4.78 is 17.2. The zero-order valence-electron chi connectivity index (χ0n) is 14.6. The molecule has 1 atom stereocenters. The van der Waals surface area contributed by atoms with Gasteiger partial charge in [-0.25, -0.2) is 4.57 Å². The van der Waals surface area contributed by atoms with Gasteiger partial charge in [-0.3, -0.25) is 4.52 Å². The molecule has 0 saturated carbocycles. The largest absolute Gasteiger partial charge is 0.470 e. The zero-order chi connectivity index (χ0) is 17.3. The average Bonchev–Trinajstić information content (AvgIpc) is 2.53. The normalized spacial score (nSPS) is 14.9. The fraction of sp³-hybridized carbons (Fsp3) is 0.667. The minimum absolute atomic E-state index is 0.0995. The van der Waals surface area contributed by atoms with E-state index >= 15 is 0 Å². The molecule has 0 aliphatic rings. The predicted octanol–water partition coefficient (Wildman–Crippen LogP) is 5.40. The van der Waals surface area contributed by atoms with E-state index in [1.807, 2.05) is 37.3 Å². The van der Waals surface area contributed by atoms with Crippen LogP contribution in [0.15, 0.2) is 30.3 Å². The van der Waals surface area contributed by atoms with Crippen LogP contribution in [0.4, 0.5) is 0 Å². The monoisotopic (exact) mass is 342 g/mol. The summed E-state index contributed by atoms with van der Waals surface area (Å²) in [5, 5.41) is 0. The maximum absolute atomic E-state index is 11.7. The summed E-state index contributed by atoms with van der Waals surface area (Å²) in [5.41, 5.74) is -0.0620. The van der Waals surface area contributed by atoms with Gasteiger partial charge in [-0.1, -0.05) is 76.8 Å². The lowest BCUT2D eigenvalue weighted by molar-refractivity contribution is -0.0332. The van der Waals surface area contributed by atoms with E-state index in [-0.39, 0.29) is 5.92 Å². The van der Waals surface area contributed by atoms with Crippen molar-refractivity contribution in [2.45, 2.75) is 71.3 Å². The molecule has 132 valence electrons. The van der Waals surface area contributed by atoms with Crippen LogP contribution in [0, 0.1) is 5.92 Å². The second kappa shape index (κ2) is 9.58. The highest BCUT2D eigenvalue weighted by Crippen LogP contribution is 2.52. The number of unbranched alkanes of at least 4 members (excludes halogenated alkanes) is 2. The second-order valence-electron chi connectivity index (χ2n) is 6.17. The quantitative estimate of drug-likeness (QED) is 0.529. The van der Waals surface area contributed by atoms with E-state index in [0.29, 0.717) is 6.42 Å². The molecule has 23 heavy (non-hydrogen) atoms. The van der Waals surface area contributed by atoms with Gasteiger partial charge in [0.1, 0.15) is 5.60 Å². The highest BCUT2D eigenvalue weighted by Gasteiger charge is 2.44. The topological polar surface area (TPSA) is 66.8 Å². The van der Waals surface area contributed by atoms with Crippen molar-refractivity contribution in [2.24, 2.45) is 5.92 Å². The Morgan fingerprint density at radius 1 is 1.04 bits per heavy atom. The summed E-state index contributed by atoms with van der Waals surface area (Å²) in [5.74, 6) is 0.0995. The number of phosphoric ester groups is 1. The van der Waals surface area contributed by atoms with Crippen molar-refractivity contribution in [2.75, 3.05) is 0 Å². The SMILES string of the molecule is CCCCC(CCCC)C(CC)(OP(=O)(O)O)c1ccccc1. The van der Waals surface area contributed by atoms with Crippen molar-refractivity contribution >= 4 is 7.82 Å². The fourth-order valence-electron chi connectivity index (χ4n) is 3.36. The van der Waals surface area contributed by atoms with E-state index in [4.69, 9.17) is 4.52 Å². The van der Waals surface area contributed by atoms with Crippen LogP contribution in [0.2, 0.25) is 0 Å². The molecule has 0 aliphatic carbocycles. The van der Waals surface area contributed by atoms with Gasteiger partial charge in [0.25, 0.3) is 0 Å². The predicted molar refractivity (Wildman–Crippen MR) is 94.1 cm³/mol. The summed E-state index contributed by atoms with van der Waals surface area (Å²) in [6.07, 6.45) is 6.57. The molecule has 0 spiro atoms. The molecule has 5 heteroatoms. The van der Waals surface area contributed by atoms with Crippen molar-refractivity contribution in [3.8, 4) is 0 Å². The molecule has 0 aliphatic heterocycles. The molecule has 0 heterocycles. The highest BCUT2D eigenvalue weighted by molar-refractivity contribution is 7.46. The molecular weight excluding hydrogens is 311 g/mol. The van der Waals surface area contributed by atoms with Gasteiger partial charge in [0.2, 0.25) is 0 Å². The van der Waals surface area contributed by atoms with E-state index in [1.165, 1.54) is 0 Å². The Kier molecular flexibility index (Phi) is 8.49. The van der Waals surface area contributed by atoms with Crippen molar-refractivity contribution in [1.29, 1.82) is 0 Å². The van der Waals surface area contributed by atoms with Crippen LogP contribution in [0.3, 0.4) is 0 Å². The molecule has 0 fully saturated rings. The summed E-state index contributed by atoms with van der Waals surface area (Å²) in [6, 6.07) is 9.56. The lowest BCUT2D eigenvalue weighted by Gasteiger charge is -2.40. The third-order valence-corrected chi connectivity index (χ3v) is 5.10. The Hall–Kier alpha value is -0.670. The summed E-state index contributed by atoms with van der Waals surface area (Å²) in [4.78, 5) is 19.1. The summed E-state index contributed by atoms with van der Waals surface area (Å²) in [7, 11) is -4.59. The Morgan fingerprint density at radius 3 is 1.96 bits per heavy atom. The number of phosphoric acid groups is 1. The smallest absolute Gasteiger partial charge is 0.303 e. The van der Waals surface area contributed by atoms with E-state index in [9.17, 15) is 14.4 Å². The van der Waals surface area contributed by atoms with Crippen LogP contribution >= 0.6 is 7.82 Å². The van der Waals surface area contributed by atoms with E-state index in [1.54, 1.807) is 0 Å². The number of hydrogen-bond donors (Lipinski definition) is 2. The van der Waals surface area contributed by atoms with E-state index in [2.05, 4.69) is 13.8 Å². The van der Waals surface area contributed by atoms with E-state index < -0.39 is 13.4 Å². The summed E-state index contributed by atoms with van der Waals surface area (Å²) in [6.45, 7) is 6.22. The lowest BCUT2D eigenvalue weighted by atomic mass is 9.74. The standard InChI is InChI=1S/C18H31O4P/c1-4-7-12-16(13-8-5-2)18(6-3,22-23(19,20)21)17-14-10-9-11-15-17/h9-11,14-16H,4-8,12-13H2,1-3H3,(H2,19,20,21).